The van der Waals surface area contributed by atoms with Gasteiger partial charge >= 0.3 is 0 Å². The van der Waals surface area contributed by atoms with Crippen molar-refractivity contribution in [2.75, 3.05) is 0 Å². The van der Waals surface area contributed by atoms with E-state index in [2.05, 4.69) is 10.3 Å². The molecule has 0 spiro atoms. The first-order chi connectivity index (χ1) is 11.5. The van der Waals surface area contributed by atoms with Crippen molar-refractivity contribution in [1.29, 1.82) is 0 Å². The third-order valence-corrected chi connectivity index (χ3v) is 4.53. The molecule has 6 nitrogen and oxygen atoms in total. The maximum absolute atomic E-state index is 11.2. The molecule has 0 bridgehead atoms. The van der Waals surface area contributed by atoms with Crippen LogP contribution >= 0.6 is 22.9 Å². The summed E-state index contributed by atoms with van der Waals surface area (Å²) in [6, 6.07) is 8.04. The van der Waals surface area contributed by atoms with Gasteiger partial charge in [-0.3, -0.25) is 10.1 Å². The predicted molar refractivity (Wildman–Crippen MR) is 93.2 cm³/mol. The molecule has 1 aromatic carbocycles. The molecule has 0 unspecified atom stereocenters. The van der Waals surface area contributed by atoms with Crippen molar-refractivity contribution in [1.82, 2.24) is 10.3 Å². The lowest BCUT2D eigenvalue weighted by Crippen LogP contribution is -2.11. The fourth-order valence-corrected chi connectivity index (χ4v) is 3.17. The molecule has 24 heavy (non-hydrogen) atoms. The van der Waals surface area contributed by atoms with Gasteiger partial charge in [0.05, 0.1) is 17.0 Å². The Morgan fingerprint density at radius 1 is 1.33 bits per heavy atom. The molecule has 3 rings (SSSR count). The van der Waals surface area contributed by atoms with E-state index in [9.17, 15) is 10.1 Å². The van der Waals surface area contributed by atoms with Crippen molar-refractivity contribution in [2.24, 2.45) is 0 Å². The highest BCUT2D eigenvalue weighted by Gasteiger charge is 2.18. The summed E-state index contributed by atoms with van der Waals surface area (Å²) in [5.74, 6) is 1.14. The zero-order valence-corrected chi connectivity index (χ0v) is 14.4. The summed E-state index contributed by atoms with van der Waals surface area (Å²) in [4.78, 5) is 15.1. The van der Waals surface area contributed by atoms with Gasteiger partial charge in [0.1, 0.15) is 16.5 Å². The SMILES string of the molecule is Cc1csc(CNCc2ccc(-c3ccc(Cl)cc3[N+](=O)[O-])o2)n1. The second-order valence-corrected chi connectivity index (χ2v) is 6.55. The Kier molecular flexibility index (Phi) is 4.94. The minimum atomic E-state index is -0.466. The van der Waals surface area contributed by atoms with Crippen molar-refractivity contribution >= 4 is 28.6 Å². The molecule has 2 aromatic heterocycles. The number of nitrogens with zero attached hydrogens (tertiary/aromatic N) is 2. The number of nitro benzene ring substituents is 1. The normalized spacial score (nSPS) is 10.9. The number of aromatic nitrogens is 1. The van der Waals surface area contributed by atoms with E-state index < -0.39 is 4.92 Å². The van der Waals surface area contributed by atoms with Crippen LogP contribution in [0.15, 0.2) is 40.1 Å². The van der Waals surface area contributed by atoms with Gasteiger partial charge < -0.3 is 9.73 Å². The van der Waals surface area contributed by atoms with Gasteiger partial charge in [-0.25, -0.2) is 4.98 Å². The summed E-state index contributed by atoms with van der Waals surface area (Å²) >= 11 is 7.43. The van der Waals surface area contributed by atoms with Crippen molar-refractivity contribution in [3.05, 3.63) is 67.3 Å². The van der Waals surface area contributed by atoms with Crippen LogP contribution in [0.4, 0.5) is 5.69 Å². The molecule has 0 fully saturated rings. The van der Waals surface area contributed by atoms with Gasteiger partial charge in [0.15, 0.2) is 0 Å². The lowest BCUT2D eigenvalue weighted by molar-refractivity contribution is -0.384. The average molecular weight is 364 g/mol. The van der Waals surface area contributed by atoms with Crippen LogP contribution < -0.4 is 5.32 Å². The Labute approximate surface area is 147 Å². The predicted octanol–water partition coefficient (Wildman–Crippen LogP) is 4.56. The standard InChI is InChI=1S/C16H14ClN3O3S/c1-10-9-24-16(19-10)8-18-7-12-3-5-15(23-12)13-4-2-11(17)6-14(13)20(21)22/h2-6,9,18H,7-8H2,1H3. The number of benzene rings is 1. The number of hydrogen-bond acceptors (Lipinski definition) is 6. The van der Waals surface area contributed by atoms with Crippen LogP contribution in [-0.2, 0) is 13.1 Å². The van der Waals surface area contributed by atoms with Crippen LogP contribution in [0.25, 0.3) is 11.3 Å². The Bertz CT molecular complexity index is 875. The summed E-state index contributed by atoms with van der Waals surface area (Å²) in [7, 11) is 0. The first kappa shape index (κ1) is 16.6. The van der Waals surface area contributed by atoms with Gasteiger partial charge in [-0.1, -0.05) is 11.6 Å². The van der Waals surface area contributed by atoms with Gasteiger partial charge in [0, 0.05) is 28.7 Å². The Morgan fingerprint density at radius 3 is 2.88 bits per heavy atom. The summed E-state index contributed by atoms with van der Waals surface area (Å²) in [6.07, 6.45) is 0. The summed E-state index contributed by atoms with van der Waals surface area (Å²) in [5.41, 5.74) is 1.34. The molecule has 0 aliphatic heterocycles. The number of halogens is 1. The molecule has 0 saturated heterocycles. The Balaban J connectivity index is 1.70. The lowest BCUT2D eigenvalue weighted by Gasteiger charge is -2.02. The van der Waals surface area contributed by atoms with Gasteiger partial charge in [-0.05, 0) is 31.2 Å². The average Bonchev–Trinajstić information content (AvgIpc) is 3.16. The van der Waals surface area contributed by atoms with Crippen LogP contribution in [0.3, 0.4) is 0 Å². The number of nitro groups is 1. The summed E-state index contributed by atoms with van der Waals surface area (Å²) in [5, 5.41) is 17.7. The third-order valence-electron chi connectivity index (χ3n) is 3.33. The molecular weight excluding hydrogens is 350 g/mol. The first-order valence-corrected chi connectivity index (χ1v) is 8.43. The van der Waals surface area contributed by atoms with E-state index >= 15 is 0 Å². The highest BCUT2D eigenvalue weighted by Crippen LogP contribution is 2.33. The zero-order chi connectivity index (χ0) is 17.1. The van der Waals surface area contributed by atoms with Crippen LogP contribution in [-0.4, -0.2) is 9.91 Å². The molecule has 0 aliphatic rings. The highest BCUT2D eigenvalue weighted by molar-refractivity contribution is 7.09. The number of hydrogen-bond donors (Lipinski definition) is 1. The molecule has 0 atom stereocenters. The Hall–Kier alpha value is -2.22. The van der Waals surface area contributed by atoms with Crippen molar-refractivity contribution in [3.63, 3.8) is 0 Å². The smallest absolute Gasteiger partial charge is 0.281 e. The van der Waals surface area contributed by atoms with E-state index in [4.69, 9.17) is 16.0 Å². The largest absolute Gasteiger partial charge is 0.459 e. The van der Waals surface area contributed by atoms with Crippen molar-refractivity contribution in [3.8, 4) is 11.3 Å². The van der Waals surface area contributed by atoms with E-state index in [0.29, 0.717) is 35.2 Å². The summed E-state index contributed by atoms with van der Waals surface area (Å²) < 4.78 is 5.72. The van der Waals surface area contributed by atoms with E-state index in [1.165, 1.54) is 6.07 Å². The van der Waals surface area contributed by atoms with Gasteiger partial charge in [-0.2, -0.15) is 0 Å². The second kappa shape index (κ2) is 7.12. The molecular formula is C16H14ClN3O3S. The molecule has 0 amide bonds. The van der Waals surface area contributed by atoms with E-state index in [0.717, 1.165) is 10.7 Å². The highest BCUT2D eigenvalue weighted by atomic mass is 35.5. The number of rotatable bonds is 6. The van der Waals surface area contributed by atoms with Crippen molar-refractivity contribution in [2.45, 2.75) is 20.0 Å². The van der Waals surface area contributed by atoms with Gasteiger partial charge in [0.2, 0.25) is 0 Å². The molecule has 3 aromatic rings. The number of furan rings is 1. The first-order valence-electron chi connectivity index (χ1n) is 7.17. The Morgan fingerprint density at radius 2 is 2.17 bits per heavy atom. The molecule has 8 heteroatoms. The maximum atomic E-state index is 11.2. The minimum Gasteiger partial charge on any atom is -0.459 e. The number of nitrogens with one attached hydrogen (secondary N) is 1. The number of aryl methyl sites for hydroxylation is 1. The van der Waals surface area contributed by atoms with Gasteiger partial charge in [0.25, 0.3) is 5.69 Å². The molecule has 0 radical (unpaired) electrons. The second-order valence-electron chi connectivity index (χ2n) is 5.17. The molecule has 0 saturated carbocycles. The van der Waals surface area contributed by atoms with E-state index in [1.807, 2.05) is 12.3 Å². The van der Waals surface area contributed by atoms with Crippen LogP contribution in [0.1, 0.15) is 16.5 Å². The van der Waals surface area contributed by atoms with E-state index in [-0.39, 0.29) is 5.69 Å². The maximum Gasteiger partial charge on any atom is 0.281 e. The molecule has 124 valence electrons. The monoisotopic (exact) mass is 363 g/mol. The minimum absolute atomic E-state index is 0.0744. The van der Waals surface area contributed by atoms with Crippen LogP contribution in [0, 0.1) is 17.0 Å². The van der Waals surface area contributed by atoms with Crippen molar-refractivity contribution < 1.29 is 9.34 Å². The van der Waals surface area contributed by atoms with Gasteiger partial charge in [-0.15, -0.1) is 11.3 Å². The third kappa shape index (κ3) is 3.81. The summed E-state index contributed by atoms with van der Waals surface area (Å²) in [6.45, 7) is 3.12. The quantitative estimate of drug-likeness (QED) is 0.512. The fraction of sp³-hybridized carbons (Fsp3) is 0.188. The van der Waals surface area contributed by atoms with E-state index in [1.54, 1.807) is 35.6 Å². The molecule has 0 aliphatic carbocycles. The zero-order valence-electron chi connectivity index (χ0n) is 12.8. The fourth-order valence-electron chi connectivity index (χ4n) is 2.26. The molecule has 1 N–H and O–H groups in total. The lowest BCUT2D eigenvalue weighted by atomic mass is 10.1. The number of thiazole rings is 1. The topological polar surface area (TPSA) is 81.2 Å². The molecule has 2 heterocycles. The van der Waals surface area contributed by atoms with Crippen LogP contribution in [0.5, 0.6) is 0 Å². The van der Waals surface area contributed by atoms with Crippen LogP contribution in [0.2, 0.25) is 5.02 Å².